The van der Waals surface area contributed by atoms with Crippen LogP contribution in [0.5, 0.6) is 0 Å². The van der Waals surface area contributed by atoms with E-state index in [1.54, 1.807) is 18.2 Å². The van der Waals surface area contributed by atoms with Crippen molar-refractivity contribution in [3.05, 3.63) is 94.6 Å². The van der Waals surface area contributed by atoms with Gasteiger partial charge in [0, 0.05) is 32.9 Å². The van der Waals surface area contributed by atoms with E-state index in [9.17, 15) is 9.18 Å². The average molecular weight is 424 g/mol. The number of carbonyl (C=O) groups excluding carboxylic acids is 1. The third kappa shape index (κ3) is 4.80. The van der Waals surface area contributed by atoms with E-state index >= 15 is 0 Å². The van der Waals surface area contributed by atoms with Gasteiger partial charge in [-0.2, -0.15) is 0 Å². The van der Waals surface area contributed by atoms with Gasteiger partial charge < -0.3 is 10.6 Å². The first-order chi connectivity index (χ1) is 14.1. The number of nitrogens with zero attached hydrogens (tertiary/aromatic N) is 1. The van der Waals surface area contributed by atoms with E-state index in [0.29, 0.717) is 10.7 Å². The van der Waals surface area contributed by atoms with Crippen LogP contribution < -0.4 is 10.6 Å². The summed E-state index contributed by atoms with van der Waals surface area (Å²) in [7, 11) is 0. The van der Waals surface area contributed by atoms with Crippen LogP contribution in [0.15, 0.2) is 78.2 Å². The van der Waals surface area contributed by atoms with Crippen molar-refractivity contribution in [3.8, 4) is 11.3 Å². The second kappa shape index (κ2) is 8.43. The molecule has 0 saturated carbocycles. The maximum Gasteiger partial charge on any atom is 0.255 e. The van der Waals surface area contributed by atoms with Gasteiger partial charge in [-0.25, -0.2) is 9.37 Å². The summed E-state index contributed by atoms with van der Waals surface area (Å²) in [6.07, 6.45) is 0. The van der Waals surface area contributed by atoms with Gasteiger partial charge in [0.15, 0.2) is 5.13 Å². The molecule has 3 aromatic carbocycles. The Labute approximate surface area is 176 Å². The number of hydrogen-bond donors (Lipinski definition) is 2. The van der Waals surface area contributed by atoms with Gasteiger partial charge in [0.2, 0.25) is 0 Å². The first-order valence-corrected chi connectivity index (χ1v) is 9.98. The number of nitrogens with one attached hydrogen (secondary N) is 2. The largest absolute Gasteiger partial charge is 0.331 e. The van der Waals surface area contributed by atoms with Gasteiger partial charge in [-0.1, -0.05) is 35.9 Å². The summed E-state index contributed by atoms with van der Waals surface area (Å²) in [5.74, 6) is -0.808. The minimum absolute atomic E-state index is 0.269. The molecule has 0 saturated heterocycles. The van der Waals surface area contributed by atoms with Crippen LogP contribution in [-0.4, -0.2) is 10.9 Å². The number of rotatable bonds is 5. The van der Waals surface area contributed by atoms with Crippen molar-refractivity contribution in [3.63, 3.8) is 0 Å². The number of hydrogen-bond acceptors (Lipinski definition) is 4. The monoisotopic (exact) mass is 423 g/mol. The Morgan fingerprint density at radius 3 is 2.52 bits per heavy atom. The van der Waals surface area contributed by atoms with Crippen molar-refractivity contribution in [2.45, 2.75) is 0 Å². The quantitative estimate of drug-likeness (QED) is 0.380. The summed E-state index contributed by atoms with van der Waals surface area (Å²) in [6, 6.07) is 20.3. The molecule has 1 amide bonds. The zero-order valence-electron chi connectivity index (χ0n) is 15.0. The molecule has 4 rings (SSSR count). The molecule has 0 spiro atoms. The molecule has 1 aromatic heterocycles. The molecule has 7 heteroatoms. The molecule has 2 N–H and O–H groups in total. The minimum atomic E-state index is -0.446. The van der Waals surface area contributed by atoms with Crippen molar-refractivity contribution >= 4 is 45.4 Å². The fourth-order valence-electron chi connectivity index (χ4n) is 2.71. The Morgan fingerprint density at radius 2 is 1.76 bits per heavy atom. The molecule has 4 aromatic rings. The number of anilines is 3. The third-order valence-corrected chi connectivity index (χ3v) is 5.10. The number of aromatic nitrogens is 1. The highest BCUT2D eigenvalue weighted by Crippen LogP contribution is 2.28. The lowest BCUT2D eigenvalue weighted by Gasteiger charge is -2.06. The Hall–Kier alpha value is -3.22. The molecule has 0 unspecified atom stereocenters. The average Bonchev–Trinajstić information content (AvgIpc) is 3.17. The van der Waals surface area contributed by atoms with Gasteiger partial charge in [0.25, 0.3) is 5.91 Å². The van der Waals surface area contributed by atoms with Crippen LogP contribution >= 0.6 is 22.9 Å². The Bertz CT molecular complexity index is 1160. The number of benzene rings is 3. The van der Waals surface area contributed by atoms with Crippen molar-refractivity contribution in [2.24, 2.45) is 0 Å². The summed E-state index contributed by atoms with van der Waals surface area (Å²) in [5, 5.41) is 9.35. The molecule has 0 atom stereocenters. The maximum absolute atomic E-state index is 13.3. The van der Waals surface area contributed by atoms with E-state index < -0.39 is 5.82 Å². The lowest BCUT2D eigenvalue weighted by molar-refractivity contribution is 0.102. The fourth-order valence-corrected chi connectivity index (χ4v) is 3.64. The van der Waals surface area contributed by atoms with E-state index in [-0.39, 0.29) is 11.5 Å². The van der Waals surface area contributed by atoms with Crippen LogP contribution in [0.3, 0.4) is 0 Å². The second-order valence-corrected chi connectivity index (χ2v) is 7.51. The lowest BCUT2D eigenvalue weighted by atomic mass is 10.1. The third-order valence-electron chi connectivity index (χ3n) is 4.11. The van der Waals surface area contributed by atoms with E-state index in [1.807, 2.05) is 41.8 Å². The van der Waals surface area contributed by atoms with Gasteiger partial charge in [0.05, 0.1) is 5.69 Å². The molecule has 0 radical (unpaired) electrons. The van der Waals surface area contributed by atoms with Gasteiger partial charge in [-0.3, -0.25) is 4.79 Å². The summed E-state index contributed by atoms with van der Waals surface area (Å²) < 4.78 is 13.3. The summed E-state index contributed by atoms with van der Waals surface area (Å²) in [4.78, 5) is 16.8. The Kier molecular flexibility index (Phi) is 5.55. The fraction of sp³-hybridized carbons (Fsp3) is 0. The molecule has 4 nitrogen and oxygen atoms in total. The zero-order chi connectivity index (χ0) is 20.2. The molecule has 0 fully saturated rings. The first kappa shape index (κ1) is 19.1. The highest BCUT2D eigenvalue weighted by molar-refractivity contribution is 7.14. The van der Waals surface area contributed by atoms with Crippen LogP contribution in [0.4, 0.5) is 20.9 Å². The molecule has 0 aliphatic carbocycles. The molecular weight excluding hydrogens is 409 g/mol. The van der Waals surface area contributed by atoms with Crippen LogP contribution in [0.1, 0.15) is 10.4 Å². The predicted octanol–water partition coefficient (Wildman–Crippen LogP) is 6.60. The number of halogens is 2. The van der Waals surface area contributed by atoms with Crippen LogP contribution in [0.25, 0.3) is 11.3 Å². The molecular formula is C22H15ClFN3OS. The zero-order valence-corrected chi connectivity index (χ0v) is 16.6. The summed E-state index contributed by atoms with van der Waals surface area (Å²) in [6.45, 7) is 0. The Morgan fingerprint density at radius 1 is 0.966 bits per heavy atom. The normalized spacial score (nSPS) is 10.6. The molecule has 0 aliphatic heterocycles. The van der Waals surface area contributed by atoms with E-state index in [4.69, 9.17) is 11.6 Å². The van der Waals surface area contributed by atoms with Gasteiger partial charge in [-0.15, -0.1) is 11.3 Å². The maximum atomic E-state index is 13.3. The lowest BCUT2D eigenvalue weighted by Crippen LogP contribution is -2.11. The summed E-state index contributed by atoms with van der Waals surface area (Å²) in [5.41, 5.74) is 3.50. The van der Waals surface area contributed by atoms with Crippen LogP contribution in [-0.2, 0) is 0 Å². The second-order valence-electron chi connectivity index (χ2n) is 6.22. The summed E-state index contributed by atoms with van der Waals surface area (Å²) >= 11 is 7.49. The number of amides is 1. The van der Waals surface area contributed by atoms with Crippen molar-refractivity contribution in [1.29, 1.82) is 0 Å². The highest BCUT2D eigenvalue weighted by atomic mass is 35.5. The predicted molar refractivity (Wildman–Crippen MR) is 117 cm³/mol. The van der Waals surface area contributed by atoms with Gasteiger partial charge in [0.1, 0.15) is 5.82 Å². The van der Waals surface area contributed by atoms with Crippen molar-refractivity contribution in [1.82, 2.24) is 4.98 Å². The number of carbonyl (C=O) groups is 1. The highest BCUT2D eigenvalue weighted by Gasteiger charge is 2.09. The van der Waals surface area contributed by atoms with Gasteiger partial charge >= 0.3 is 0 Å². The van der Waals surface area contributed by atoms with E-state index in [1.165, 1.54) is 29.5 Å². The smallest absolute Gasteiger partial charge is 0.255 e. The van der Waals surface area contributed by atoms with Crippen LogP contribution in [0, 0.1) is 5.82 Å². The molecule has 0 aliphatic rings. The first-order valence-electron chi connectivity index (χ1n) is 8.72. The van der Waals surface area contributed by atoms with Crippen LogP contribution in [0.2, 0.25) is 5.02 Å². The van der Waals surface area contributed by atoms with Crippen molar-refractivity contribution < 1.29 is 9.18 Å². The molecule has 0 bridgehead atoms. The standard InChI is InChI=1S/C22H15ClFN3OS/c23-16-4-2-6-19(12-16)26-22-27-20(13-29-22)14-7-9-18(10-8-14)25-21(28)15-3-1-5-17(24)11-15/h1-13H,(H,25,28)(H,26,27). The number of thiazole rings is 1. The molecule has 1 heterocycles. The topological polar surface area (TPSA) is 54.0 Å². The molecule has 144 valence electrons. The van der Waals surface area contributed by atoms with E-state index in [2.05, 4.69) is 15.6 Å². The minimum Gasteiger partial charge on any atom is -0.331 e. The SMILES string of the molecule is O=C(Nc1ccc(-c2csc(Nc3cccc(Cl)c3)n2)cc1)c1cccc(F)c1. The van der Waals surface area contributed by atoms with Gasteiger partial charge in [-0.05, 0) is 48.5 Å². The van der Waals surface area contributed by atoms with E-state index in [0.717, 1.165) is 22.1 Å². The Balaban J connectivity index is 1.44. The van der Waals surface area contributed by atoms with Crippen molar-refractivity contribution in [2.75, 3.05) is 10.6 Å². The molecule has 29 heavy (non-hydrogen) atoms.